The lowest BCUT2D eigenvalue weighted by Crippen LogP contribution is -2.32. The van der Waals surface area contributed by atoms with Gasteiger partial charge in [0.2, 0.25) is 0 Å². The third kappa shape index (κ3) is 6.04. The van der Waals surface area contributed by atoms with Gasteiger partial charge in [0.25, 0.3) is 0 Å². The fourth-order valence-corrected chi connectivity index (χ4v) is 3.70. The Morgan fingerprint density at radius 2 is 1.71 bits per heavy atom. The summed E-state index contributed by atoms with van der Waals surface area (Å²) in [4.78, 5) is 5.34. The Balaban J connectivity index is 2.57. The first kappa shape index (κ1) is 18.6. The van der Waals surface area contributed by atoms with Gasteiger partial charge in [-0.15, -0.1) is 0 Å². The fourth-order valence-electron chi connectivity index (χ4n) is 2.03. The zero-order valence-electron chi connectivity index (χ0n) is 13.2. The highest BCUT2D eigenvalue weighted by Gasteiger charge is 2.35. The Bertz CT molecular complexity index is 360. The molecule has 1 rings (SSSR count). The number of hydrogen-bond donors (Lipinski definition) is 0. The van der Waals surface area contributed by atoms with E-state index in [4.69, 9.17) is 23.4 Å². The summed E-state index contributed by atoms with van der Waals surface area (Å²) in [6.45, 7) is 9.04. The predicted octanol–water partition coefficient (Wildman–Crippen LogP) is 2.80. The van der Waals surface area contributed by atoms with Crippen molar-refractivity contribution in [3.8, 4) is 0 Å². The summed E-state index contributed by atoms with van der Waals surface area (Å²) in [5.41, 5.74) is 0.648. The molecule has 7 nitrogen and oxygen atoms in total. The van der Waals surface area contributed by atoms with Crippen molar-refractivity contribution in [1.82, 2.24) is 0 Å². The van der Waals surface area contributed by atoms with Crippen LogP contribution in [0.5, 0.6) is 0 Å². The van der Waals surface area contributed by atoms with Gasteiger partial charge in [-0.25, -0.2) is 0 Å². The van der Waals surface area contributed by atoms with Crippen molar-refractivity contribution in [3.05, 3.63) is 0 Å². The third-order valence-corrected chi connectivity index (χ3v) is 4.80. The molecule has 1 heterocycles. The summed E-state index contributed by atoms with van der Waals surface area (Å²) in [7, 11) is -3.15. The molecule has 1 aliphatic heterocycles. The van der Waals surface area contributed by atoms with E-state index >= 15 is 0 Å². The van der Waals surface area contributed by atoms with Gasteiger partial charge in [0, 0.05) is 19.6 Å². The van der Waals surface area contributed by atoms with Gasteiger partial charge in [-0.3, -0.25) is 4.57 Å². The van der Waals surface area contributed by atoms with Crippen LogP contribution >= 0.6 is 7.60 Å². The molecule has 0 saturated heterocycles. The minimum atomic E-state index is -3.15. The smallest absolute Gasteiger partial charge is 0.336 e. The van der Waals surface area contributed by atoms with Gasteiger partial charge in [0.15, 0.2) is 12.4 Å². The number of hydrogen-bond acceptors (Lipinski definition) is 7. The Morgan fingerprint density at radius 1 is 1.14 bits per heavy atom. The highest BCUT2D eigenvalue weighted by atomic mass is 31.2. The normalized spacial score (nSPS) is 18.9. The molecular formula is C13H26NO6P. The van der Waals surface area contributed by atoms with Crippen LogP contribution < -0.4 is 0 Å². The topological polar surface area (TPSA) is 75.6 Å². The molecule has 0 aromatic carbocycles. The Kier molecular flexibility index (Phi) is 8.44. The molecule has 0 amide bonds. The maximum Gasteiger partial charge on any atom is 0.336 e. The van der Waals surface area contributed by atoms with Gasteiger partial charge in [0.05, 0.1) is 25.1 Å². The average Bonchev–Trinajstić information content (AvgIpc) is 2.87. The van der Waals surface area contributed by atoms with Crippen LogP contribution in [-0.2, 0) is 27.9 Å². The zero-order valence-corrected chi connectivity index (χ0v) is 14.1. The fraction of sp³-hybridized carbons (Fsp3) is 0.923. The molecule has 0 spiro atoms. The largest absolute Gasteiger partial charge is 0.387 e. The lowest BCUT2D eigenvalue weighted by Gasteiger charge is -2.21. The van der Waals surface area contributed by atoms with Crippen molar-refractivity contribution in [2.24, 2.45) is 5.16 Å². The molecule has 0 fully saturated rings. The quantitative estimate of drug-likeness (QED) is 0.430. The van der Waals surface area contributed by atoms with E-state index in [0.29, 0.717) is 38.6 Å². The van der Waals surface area contributed by atoms with Gasteiger partial charge < -0.3 is 23.4 Å². The predicted molar refractivity (Wildman–Crippen MR) is 79.7 cm³/mol. The van der Waals surface area contributed by atoms with Gasteiger partial charge in [0.1, 0.15) is 0 Å². The number of ether oxygens (including phenoxy) is 2. The maximum absolute atomic E-state index is 12.5. The Labute approximate surface area is 126 Å². The summed E-state index contributed by atoms with van der Waals surface area (Å²) >= 11 is 0. The van der Waals surface area contributed by atoms with Crippen molar-refractivity contribution < 1.29 is 27.9 Å². The average molecular weight is 323 g/mol. The third-order valence-electron chi connectivity index (χ3n) is 2.75. The van der Waals surface area contributed by atoms with E-state index in [2.05, 4.69) is 5.16 Å². The van der Waals surface area contributed by atoms with E-state index < -0.39 is 13.9 Å². The summed E-state index contributed by atoms with van der Waals surface area (Å²) in [5.74, 6) is 0. The van der Waals surface area contributed by atoms with Crippen LogP contribution in [0.25, 0.3) is 0 Å². The summed E-state index contributed by atoms with van der Waals surface area (Å²) in [5, 5.41) is 3.98. The number of nitrogens with zero attached hydrogens (tertiary/aromatic N) is 1. The van der Waals surface area contributed by atoms with Crippen LogP contribution in [0, 0.1) is 0 Å². The molecule has 0 radical (unpaired) electrons. The molecule has 0 aliphatic carbocycles. The van der Waals surface area contributed by atoms with E-state index in [1.54, 1.807) is 13.8 Å². The van der Waals surface area contributed by atoms with E-state index in [0.717, 1.165) is 0 Å². The molecule has 1 atom stereocenters. The van der Waals surface area contributed by atoms with Crippen LogP contribution in [0.15, 0.2) is 5.16 Å². The van der Waals surface area contributed by atoms with Gasteiger partial charge in [-0.2, -0.15) is 0 Å². The van der Waals surface area contributed by atoms with Crippen molar-refractivity contribution in [1.29, 1.82) is 0 Å². The second kappa shape index (κ2) is 9.54. The number of oxime groups is 1. The van der Waals surface area contributed by atoms with Crippen LogP contribution in [0.2, 0.25) is 0 Å². The van der Waals surface area contributed by atoms with Gasteiger partial charge >= 0.3 is 7.60 Å². The van der Waals surface area contributed by atoms with Crippen molar-refractivity contribution >= 4 is 13.3 Å². The first-order valence-corrected chi connectivity index (χ1v) is 9.14. The molecular weight excluding hydrogens is 297 g/mol. The number of rotatable bonds is 11. The summed E-state index contributed by atoms with van der Waals surface area (Å²) in [6, 6.07) is 0. The molecule has 1 unspecified atom stereocenters. The van der Waals surface area contributed by atoms with Crippen LogP contribution in [0.3, 0.4) is 0 Å². The van der Waals surface area contributed by atoms with Crippen molar-refractivity contribution in [3.63, 3.8) is 0 Å². The molecule has 1 aliphatic rings. The van der Waals surface area contributed by atoms with Crippen molar-refractivity contribution in [2.45, 2.75) is 46.5 Å². The standard InChI is InChI=1S/C13H26NO6P/c1-5-16-13(17-6-2)12-9-11(14-20-12)10-21(15,18-7-3)19-8-4/h12-13H,5-10H2,1-4H3. The van der Waals surface area contributed by atoms with Crippen LogP contribution in [0.4, 0.5) is 0 Å². The minimum Gasteiger partial charge on any atom is -0.387 e. The molecule has 0 N–H and O–H groups in total. The zero-order chi connectivity index (χ0) is 15.7. The first-order chi connectivity index (χ1) is 10.1. The van der Waals surface area contributed by atoms with Gasteiger partial charge in [-0.1, -0.05) is 5.16 Å². The molecule has 0 aromatic rings. The molecule has 21 heavy (non-hydrogen) atoms. The minimum absolute atomic E-state index is 0.135. The first-order valence-electron chi connectivity index (χ1n) is 7.41. The van der Waals surface area contributed by atoms with E-state index in [9.17, 15) is 4.57 Å². The molecule has 0 saturated carbocycles. The van der Waals surface area contributed by atoms with Crippen LogP contribution in [0.1, 0.15) is 34.1 Å². The van der Waals surface area contributed by atoms with Crippen molar-refractivity contribution in [2.75, 3.05) is 32.6 Å². The Hall–Kier alpha value is -0.460. The molecule has 0 bridgehead atoms. The summed E-state index contributed by atoms with van der Waals surface area (Å²) < 4.78 is 33.9. The molecule has 0 aromatic heterocycles. The highest BCUT2D eigenvalue weighted by Crippen LogP contribution is 2.48. The molecule has 8 heteroatoms. The second-order valence-electron chi connectivity index (χ2n) is 4.39. The summed E-state index contributed by atoms with van der Waals surface area (Å²) in [6.07, 6.45) is -0.165. The van der Waals surface area contributed by atoms with E-state index in [1.807, 2.05) is 13.8 Å². The lowest BCUT2D eigenvalue weighted by molar-refractivity contribution is -0.196. The second-order valence-corrected chi connectivity index (χ2v) is 6.44. The molecule has 124 valence electrons. The monoisotopic (exact) mass is 323 g/mol. The van der Waals surface area contributed by atoms with E-state index in [1.165, 1.54) is 0 Å². The van der Waals surface area contributed by atoms with Crippen LogP contribution in [-0.4, -0.2) is 50.7 Å². The Morgan fingerprint density at radius 3 is 2.19 bits per heavy atom. The maximum atomic E-state index is 12.5. The lowest BCUT2D eigenvalue weighted by atomic mass is 10.2. The highest BCUT2D eigenvalue weighted by molar-refractivity contribution is 7.54. The van der Waals surface area contributed by atoms with E-state index in [-0.39, 0.29) is 12.3 Å². The SMILES string of the molecule is CCOC(OCC)C1CC(CP(=O)(OCC)OCC)=NO1. The van der Waals surface area contributed by atoms with Gasteiger partial charge in [-0.05, 0) is 27.7 Å².